The van der Waals surface area contributed by atoms with Crippen LogP contribution in [0.25, 0.3) is 33.2 Å². The maximum Gasteiger partial charge on any atom is 0.186 e. The molecule has 0 bridgehead atoms. The van der Waals surface area contributed by atoms with Gasteiger partial charge in [0.2, 0.25) is 0 Å². The Morgan fingerprint density at radius 2 is 2.10 bits per heavy atom. The second-order valence-corrected chi connectivity index (χ2v) is 5.00. The van der Waals surface area contributed by atoms with Gasteiger partial charge >= 0.3 is 0 Å². The topological polar surface area (TPSA) is 98.3 Å². The molecule has 1 aromatic carbocycles. The summed E-state index contributed by atoms with van der Waals surface area (Å²) >= 11 is 0. The third kappa shape index (κ3) is 1.60. The Bertz CT molecular complexity index is 980. The second-order valence-electron chi connectivity index (χ2n) is 5.00. The third-order valence-corrected chi connectivity index (χ3v) is 3.80. The fraction of sp³-hybridized carbons (Fsp3) is 0.143. The predicted molar refractivity (Wildman–Crippen MR) is 80.5 cm³/mol. The number of nitrogens with two attached hydrogens (primary N) is 1. The molecule has 4 rings (SSSR count). The number of benzene rings is 1. The summed E-state index contributed by atoms with van der Waals surface area (Å²) < 4.78 is 1.87. The van der Waals surface area contributed by atoms with E-state index in [-0.39, 0.29) is 0 Å². The fourth-order valence-corrected chi connectivity index (χ4v) is 2.57. The Morgan fingerprint density at radius 1 is 1.24 bits per heavy atom. The Balaban J connectivity index is 2.00. The summed E-state index contributed by atoms with van der Waals surface area (Å²) in [5, 5.41) is 13.5. The second kappa shape index (κ2) is 4.02. The number of hydrogen-bond donors (Lipinski definition) is 2. The number of anilines is 1. The molecule has 0 unspecified atom stereocenters. The van der Waals surface area contributed by atoms with Crippen molar-refractivity contribution in [3.8, 4) is 11.3 Å². The predicted octanol–water partition coefficient (Wildman–Crippen LogP) is 1.80. The molecule has 0 amide bonds. The van der Waals surface area contributed by atoms with Crippen molar-refractivity contribution in [2.75, 3.05) is 5.73 Å². The van der Waals surface area contributed by atoms with Crippen LogP contribution in [0.1, 0.15) is 5.69 Å². The molecule has 7 nitrogen and oxygen atoms in total. The summed E-state index contributed by atoms with van der Waals surface area (Å²) in [5.74, 6) is 0.418. The number of hydrogen-bond acceptors (Lipinski definition) is 5. The highest BCUT2D eigenvalue weighted by molar-refractivity contribution is 5.99. The first-order valence-corrected chi connectivity index (χ1v) is 6.53. The maximum atomic E-state index is 5.95. The molecule has 0 spiro atoms. The van der Waals surface area contributed by atoms with Crippen molar-refractivity contribution in [3.63, 3.8) is 0 Å². The van der Waals surface area contributed by atoms with Crippen LogP contribution >= 0.6 is 0 Å². The lowest BCUT2D eigenvalue weighted by molar-refractivity contribution is 0.751. The Hall–Kier alpha value is -2.96. The molecule has 0 aliphatic rings. The van der Waals surface area contributed by atoms with Gasteiger partial charge in [-0.2, -0.15) is 10.2 Å². The van der Waals surface area contributed by atoms with Crippen molar-refractivity contribution >= 4 is 27.8 Å². The van der Waals surface area contributed by atoms with Crippen LogP contribution in [0.2, 0.25) is 0 Å². The van der Waals surface area contributed by atoms with Gasteiger partial charge in [0, 0.05) is 23.7 Å². The number of rotatable bonds is 1. The molecule has 0 radical (unpaired) electrons. The molecule has 0 aliphatic heterocycles. The van der Waals surface area contributed by atoms with E-state index in [9.17, 15) is 0 Å². The van der Waals surface area contributed by atoms with Gasteiger partial charge in [-0.25, -0.2) is 9.97 Å². The molecule has 7 heteroatoms. The van der Waals surface area contributed by atoms with Crippen molar-refractivity contribution in [1.29, 1.82) is 0 Å². The van der Waals surface area contributed by atoms with Crippen molar-refractivity contribution < 1.29 is 0 Å². The highest BCUT2D eigenvalue weighted by atomic mass is 15.3. The van der Waals surface area contributed by atoms with Gasteiger partial charge in [-0.3, -0.25) is 9.78 Å². The van der Waals surface area contributed by atoms with E-state index in [1.807, 2.05) is 30.8 Å². The zero-order valence-electron chi connectivity index (χ0n) is 11.6. The SMILES string of the molecule is Cc1c2ccc(-c3[nH]nc4ncnc(N)c34)cc2nn1C. The zero-order chi connectivity index (χ0) is 14.6. The van der Waals surface area contributed by atoms with E-state index in [2.05, 4.69) is 31.3 Å². The van der Waals surface area contributed by atoms with Gasteiger partial charge in [0.05, 0.1) is 16.6 Å². The molecule has 0 fully saturated rings. The molecule has 0 atom stereocenters. The van der Waals surface area contributed by atoms with Crippen LogP contribution in [0.5, 0.6) is 0 Å². The number of nitrogens with one attached hydrogen (secondary N) is 1. The van der Waals surface area contributed by atoms with E-state index < -0.39 is 0 Å². The van der Waals surface area contributed by atoms with Gasteiger partial charge < -0.3 is 5.73 Å². The standard InChI is InChI=1S/C14H13N7/c1-7-9-4-3-8(5-10(9)20-21(7)2)12-11-13(15)16-6-17-14(11)19-18-12/h3-6H,1-2H3,(H3,15,16,17,18,19). The quantitative estimate of drug-likeness (QED) is 0.553. The molecule has 0 saturated carbocycles. The van der Waals surface area contributed by atoms with Crippen molar-refractivity contribution in [3.05, 3.63) is 30.2 Å². The van der Waals surface area contributed by atoms with Crippen LogP contribution in [0, 0.1) is 6.92 Å². The highest BCUT2D eigenvalue weighted by Crippen LogP contribution is 2.30. The first kappa shape index (κ1) is 11.8. The van der Waals surface area contributed by atoms with Crippen LogP contribution in [0.3, 0.4) is 0 Å². The number of aromatic amines is 1. The average Bonchev–Trinajstić information content (AvgIpc) is 3.02. The van der Waals surface area contributed by atoms with Crippen molar-refractivity contribution in [2.24, 2.45) is 7.05 Å². The summed E-state index contributed by atoms with van der Waals surface area (Å²) in [4.78, 5) is 8.15. The minimum Gasteiger partial charge on any atom is -0.383 e. The highest BCUT2D eigenvalue weighted by Gasteiger charge is 2.14. The monoisotopic (exact) mass is 279 g/mol. The van der Waals surface area contributed by atoms with Crippen LogP contribution in [-0.2, 0) is 7.05 Å². The molecular weight excluding hydrogens is 266 g/mol. The normalized spacial score (nSPS) is 11.5. The number of fused-ring (bicyclic) bond motifs is 2. The smallest absolute Gasteiger partial charge is 0.186 e. The minimum absolute atomic E-state index is 0.418. The molecule has 4 aromatic rings. The van der Waals surface area contributed by atoms with Gasteiger partial charge in [-0.15, -0.1) is 0 Å². The Kier molecular flexibility index (Phi) is 2.26. The van der Waals surface area contributed by atoms with Crippen molar-refractivity contribution in [2.45, 2.75) is 6.92 Å². The van der Waals surface area contributed by atoms with Crippen LogP contribution in [-0.4, -0.2) is 29.9 Å². The summed E-state index contributed by atoms with van der Waals surface area (Å²) in [6.07, 6.45) is 1.41. The molecule has 3 heterocycles. The van der Waals surface area contributed by atoms with E-state index in [4.69, 9.17) is 5.73 Å². The summed E-state index contributed by atoms with van der Waals surface area (Å²) in [6, 6.07) is 6.10. The van der Waals surface area contributed by atoms with Crippen molar-refractivity contribution in [1.82, 2.24) is 29.9 Å². The van der Waals surface area contributed by atoms with E-state index in [1.54, 1.807) is 0 Å². The largest absolute Gasteiger partial charge is 0.383 e. The number of aromatic nitrogens is 6. The summed E-state index contributed by atoms with van der Waals surface area (Å²) in [7, 11) is 1.94. The lowest BCUT2D eigenvalue weighted by atomic mass is 10.1. The number of nitrogens with zero attached hydrogens (tertiary/aromatic N) is 5. The van der Waals surface area contributed by atoms with E-state index in [0.717, 1.165) is 33.2 Å². The molecule has 104 valence electrons. The first-order valence-electron chi connectivity index (χ1n) is 6.53. The minimum atomic E-state index is 0.418. The average molecular weight is 279 g/mol. The molecule has 3 aromatic heterocycles. The first-order chi connectivity index (χ1) is 10.1. The molecule has 0 saturated heterocycles. The Morgan fingerprint density at radius 3 is 2.95 bits per heavy atom. The number of nitrogen functional groups attached to an aromatic ring is 1. The van der Waals surface area contributed by atoms with Crippen LogP contribution in [0.4, 0.5) is 5.82 Å². The van der Waals surface area contributed by atoms with Gasteiger partial charge in [0.25, 0.3) is 0 Å². The summed E-state index contributed by atoms with van der Waals surface area (Å²) in [6.45, 7) is 2.05. The van der Waals surface area contributed by atoms with Crippen LogP contribution in [0.15, 0.2) is 24.5 Å². The third-order valence-electron chi connectivity index (χ3n) is 3.80. The lowest BCUT2D eigenvalue weighted by Crippen LogP contribution is -1.92. The maximum absolute atomic E-state index is 5.95. The van der Waals surface area contributed by atoms with E-state index >= 15 is 0 Å². The molecule has 0 aliphatic carbocycles. The number of H-pyrrole nitrogens is 1. The molecule has 3 N–H and O–H groups in total. The lowest BCUT2D eigenvalue weighted by Gasteiger charge is -2.00. The zero-order valence-corrected chi connectivity index (χ0v) is 11.6. The fourth-order valence-electron chi connectivity index (χ4n) is 2.57. The summed E-state index contributed by atoms with van der Waals surface area (Å²) in [5.41, 5.74) is 10.4. The molecular formula is C14H13N7. The van der Waals surface area contributed by atoms with Gasteiger partial charge in [-0.1, -0.05) is 12.1 Å². The molecule has 21 heavy (non-hydrogen) atoms. The van der Waals surface area contributed by atoms with E-state index in [0.29, 0.717) is 11.5 Å². The Labute approximate surface area is 119 Å². The van der Waals surface area contributed by atoms with Gasteiger partial charge in [0.1, 0.15) is 12.1 Å². The van der Waals surface area contributed by atoms with Gasteiger partial charge in [-0.05, 0) is 13.0 Å². The number of aryl methyl sites for hydroxylation is 2. The van der Waals surface area contributed by atoms with E-state index in [1.165, 1.54) is 6.33 Å². The van der Waals surface area contributed by atoms with Gasteiger partial charge in [0.15, 0.2) is 5.65 Å². The van der Waals surface area contributed by atoms with Crippen LogP contribution < -0.4 is 5.73 Å².